The molecular formula is C10H11F2N3O3. The number of carbonyl (C=O) groups is 2. The molecule has 0 aromatic heterocycles. The summed E-state index contributed by atoms with van der Waals surface area (Å²) >= 11 is 0. The third-order valence-electron chi connectivity index (χ3n) is 1.97. The molecule has 18 heavy (non-hydrogen) atoms. The molecule has 0 fully saturated rings. The Morgan fingerprint density at radius 1 is 1.28 bits per heavy atom. The maximum Gasteiger partial charge on any atom is 0.404 e. The van der Waals surface area contributed by atoms with Crippen molar-refractivity contribution in [3.8, 4) is 0 Å². The van der Waals surface area contributed by atoms with E-state index in [1.54, 1.807) is 0 Å². The van der Waals surface area contributed by atoms with Crippen molar-refractivity contribution in [3.63, 3.8) is 0 Å². The van der Waals surface area contributed by atoms with E-state index < -0.39 is 23.6 Å². The molecule has 1 rings (SSSR count). The number of nitrogens with two attached hydrogens (primary N) is 2. The van der Waals surface area contributed by atoms with Crippen molar-refractivity contribution in [1.29, 1.82) is 0 Å². The van der Waals surface area contributed by atoms with E-state index in [1.165, 1.54) is 0 Å². The highest BCUT2D eigenvalue weighted by molar-refractivity contribution is 5.99. The number of nitrogens with one attached hydrogen (secondary N) is 1. The lowest BCUT2D eigenvalue weighted by Crippen LogP contribution is -2.29. The fourth-order valence-electron chi connectivity index (χ4n) is 1.17. The third-order valence-corrected chi connectivity index (χ3v) is 1.97. The van der Waals surface area contributed by atoms with Gasteiger partial charge in [-0.2, -0.15) is 0 Å². The van der Waals surface area contributed by atoms with E-state index in [2.05, 4.69) is 10.1 Å². The average molecular weight is 259 g/mol. The second-order valence-corrected chi connectivity index (χ2v) is 3.28. The molecule has 1 aromatic carbocycles. The monoisotopic (exact) mass is 259 g/mol. The third kappa shape index (κ3) is 3.58. The summed E-state index contributed by atoms with van der Waals surface area (Å²) in [6, 6.07) is 1.40. The standard InChI is InChI=1S/C10H11F2N3O3/c11-6-3-5(8(13)4-7(6)12)9(16)15-1-2-18-10(14)17/h3-4H,1-2,13H2,(H2,14,17)(H,15,16). The Morgan fingerprint density at radius 2 is 1.89 bits per heavy atom. The van der Waals surface area contributed by atoms with Gasteiger partial charge >= 0.3 is 6.09 Å². The maximum atomic E-state index is 12.9. The van der Waals surface area contributed by atoms with Crippen LogP contribution in [0.3, 0.4) is 0 Å². The Bertz CT molecular complexity index is 480. The zero-order valence-electron chi connectivity index (χ0n) is 9.20. The van der Waals surface area contributed by atoms with E-state index in [0.29, 0.717) is 12.1 Å². The molecule has 8 heteroatoms. The number of nitrogen functional groups attached to an aromatic ring is 1. The van der Waals surface area contributed by atoms with Crippen LogP contribution in [0, 0.1) is 11.6 Å². The minimum absolute atomic E-state index is 0.0276. The quantitative estimate of drug-likeness (QED) is 0.536. The molecule has 1 aromatic rings. The highest BCUT2D eigenvalue weighted by atomic mass is 19.2. The first-order valence-electron chi connectivity index (χ1n) is 4.86. The van der Waals surface area contributed by atoms with Crippen molar-refractivity contribution >= 4 is 17.7 Å². The highest BCUT2D eigenvalue weighted by Gasteiger charge is 2.13. The Hall–Kier alpha value is -2.38. The van der Waals surface area contributed by atoms with Gasteiger partial charge in [0, 0.05) is 11.8 Å². The van der Waals surface area contributed by atoms with E-state index in [0.717, 1.165) is 0 Å². The Labute approximate surface area is 101 Å². The Morgan fingerprint density at radius 3 is 2.50 bits per heavy atom. The fourth-order valence-corrected chi connectivity index (χ4v) is 1.17. The van der Waals surface area contributed by atoms with Crippen LogP contribution >= 0.6 is 0 Å². The number of rotatable bonds is 4. The fraction of sp³-hybridized carbons (Fsp3) is 0.200. The van der Waals surface area contributed by atoms with Crippen LogP contribution in [0.5, 0.6) is 0 Å². The van der Waals surface area contributed by atoms with Crippen molar-refractivity contribution in [2.75, 3.05) is 18.9 Å². The number of halogens is 2. The average Bonchev–Trinajstić information content (AvgIpc) is 2.28. The van der Waals surface area contributed by atoms with Gasteiger partial charge in [0.15, 0.2) is 11.6 Å². The van der Waals surface area contributed by atoms with Gasteiger partial charge in [-0.15, -0.1) is 0 Å². The number of anilines is 1. The molecule has 0 unspecified atom stereocenters. The number of primary amides is 1. The number of amides is 2. The minimum atomic E-state index is -1.18. The van der Waals surface area contributed by atoms with Crippen LogP contribution in [0.25, 0.3) is 0 Å². The van der Waals surface area contributed by atoms with Gasteiger partial charge in [0.1, 0.15) is 6.61 Å². The minimum Gasteiger partial charge on any atom is -0.448 e. The Kier molecular flexibility index (Phi) is 4.41. The number of hydrogen-bond acceptors (Lipinski definition) is 4. The van der Waals surface area contributed by atoms with E-state index >= 15 is 0 Å². The summed E-state index contributed by atoms with van der Waals surface area (Å²) in [5.74, 6) is -3.02. The molecule has 0 radical (unpaired) electrons. The summed E-state index contributed by atoms with van der Waals surface area (Å²) < 4.78 is 30.0. The molecule has 98 valence electrons. The first-order chi connectivity index (χ1) is 8.41. The summed E-state index contributed by atoms with van der Waals surface area (Å²) in [6.45, 7) is -0.162. The van der Waals surface area contributed by atoms with Crippen molar-refractivity contribution in [1.82, 2.24) is 5.32 Å². The van der Waals surface area contributed by atoms with Crippen LogP contribution in [0.15, 0.2) is 12.1 Å². The molecule has 0 bridgehead atoms. The van der Waals surface area contributed by atoms with Crippen molar-refractivity contribution in [2.45, 2.75) is 0 Å². The molecule has 0 saturated carbocycles. The molecule has 0 saturated heterocycles. The maximum absolute atomic E-state index is 12.9. The van der Waals surface area contributed by atoms with Crippen LogP contribution in [0.1, 0.15) is 10.4 Å². The topological polar surface area (TPSA) is 107 Å². The molecular weight excluding hydrogens is 248 g/mol. The van der Waals surface area contributed by atoms with Gasteiger partial charge in [0.05, 0.1) is 12.1 Å². The van der Waals surface area contributed by atoms with E-state index in [4.69, 9.17) is 11.5 Å². The van der Waals surface area contributed by atoms with E-state index in [1.807, 2.05) is 0 Å². The molecule has 2 amide bonds. The number of hydrogen-bond donors (Lipinski definition) is 3. The molecule has 0 heterocycles. The highest BCUT2D eigenvalue weighted by Crippen LogP contribution is 2.16. The predicted octanol–water partition coefficient (Wildman–Crippen LogP) is 0.372. The van der Waals surface area contributed by atoms with Crippen molar-refractivity contribution < 1.29 is 23.1 Å². The van der Waals surface area contributed by atoms with E-state index in [-0.39, 0.29) is 24.4 Å². The van der Waals surface area contributed by atoms with Crippen LogP contribution < -0.4 is 16.8 Å². The lowest BCUT2D eigenvalue weighted by molar-refractivity contribution is 0.0937. The summed E-state index contributed by atoms with van der Waals surface area (Å²) in [4.78, 5) is 21.7. The SMILES string of the molecule is NC(=O)OCCNC(=O)c1cc(F)c(F)cc1N. The number of benzene rings is 1. The first kappa shape index (κ1) is 13.7. The summed E-state index contributed by atoms with van der Waals surface area (Å²) in [5, 5.41) is 2.30. The van der Waals surface area contributed by atoms with Gasteiger partial charge in [-0.3, -0.25) is 4.79 Å². The van der Waals surface area contributed by atoms with Crippen LogP contribution in [-0.4, -0.2) is 25.2 Å². The molecule has 0 atom stereocenters. The second-order valence-electron chi connectivity index (χ2n) is 3.28. The van der Waals surface area contributed by atoms with Gasteiger partial charge in [-0.05, 0) is 6.07 Å². The summed E-state index contributed by atoms with van der Waals surface area (Å²) in [5.41, 5.74) is 9.67. The molecule has 5 N–H and O–H groups in total. The largest absolute Gasteiger partial charge is 0.448 e. The predicted molar refractivity (Wildman–Crippen MR) is 58.6 cm³/mol. The number of carbonyl (C=O) groups excluding carboxylic acids is 2. The second kappa shape index (κ2) is 5.80. The number of ether oxygens (including phenoxy) is 1. The lowest BCUT2D eigenvalue weighted by Gasteiger charge is -2.08. The lowest BCUT2D eigenvalue weighted by atomic mass is 10.1. The molecule has 0 aliphatic heterocycles. The zero-order valence-corrected chi connectivity index (χ0v) is 9.20. The smallest absolute Gasteiger partial charge is 0.404 e. The van der Waals surface area contributed by atoms with Crippen molar-refractivity contribution in [2.24, 2.45) is 5.73 Å². The van der Waals surface area contributed by atoms with Gasteiger partial charge in [-0.25, -0.2) is 13.6 Å². The molecule has 0 aliphatic carbocycles. The summed E-state index contributed by atoms with van der Waals surface area (Å²) in [7, 11) is 0. The normalized spacial score (nSPS) is 9.89. The van der Waals surface area contributed by atoms with E-state index in [9.17, 15) is 18.4 Å². The molecule has 0 aliphatic rings. The molecule has 6 nitrogen and oxygen atoms in total. The van der Waals surface area contributed by atoms with Crippen molar-refractivity contribution in [3.05, 3.63) is 29.3 Å². The van der Waals surface area contributed by atoms with Gasteiger partial charge < -0.3 is 21.5 Å². The summed E-state index contributed by atoms with van der Waals surface area (Å²) in [6.07, 6.45) is -0.975. The first-order valence-corrected chi connectivity index (χ1v) is 4.86. The van der Waals surface area contributed by atoms with Crippen LogP contribution in [0.2, 0.25) is 0 Å². The van der Waals surface area contributed by atoms with Gasteiger partial charge in [-0.1, -0.05) is 0 Å². The molecule has 0 spiro atoms. The van der Waals surface area contributed by atoms with Gasteiger partial charge in [0.25, 0.3) is 5.91 Å². The van der Waals surface area contributed by atoms with Gasteiger partial charge in [0.2, 0.25) is 0 Å². The Balaban J connectivity index is 2.62. The van der Waals surface area contributed by atoms with Crippen LogP contribution in [-0.2, 0) is 4.74 Å². The van der Waals surface area contributed by atoms with Crippen LogP contribution in [0.4, 0.5) is 19.3 Å². The zero-order chi connectivity index (χ0) is 13.7.